The zero-order chi connectivity index (χ0) is 16.7. The van der Waals surface area contributed by atoms with E-state index in [9.17, 15) is 0 Å². The van der Waals surface area contributed by atoms with Gasteiger partial charge in [-0.05, 0) is 44.8 Å². The summed E-state index contributed by atoms with van der Waals surface area (Å²) < 4.78 is 12.0. The SMILES string of the molecule is CC1(C)OB(C(=Cc2ccc(N)c(Cl)c2Cl)CN)OC1(C)C. The second-order valence-electron chi connectivity index (χ2n) is 6.38. The Morgan fingerprint density at radius 3 is 2.18 bits per heavy atom. The standard InChI is InChI=1S/C15H21BCl2N2O2/c1-14(2)15(3,4)22-16(21-14)10(8-19)7-9-5-6-11(20)13(18)12(9)17/h5-7H,8,19-20H2,1-4H3. The average molecular weight is 343 g/mol. The van der Waals surface area contributed by atoms with Crippen molar-refractivity contribution in [3.05, 3.63) is 33.2 Å². The first-order chi connectivity index (χ1) is 10.1. The summed E-state index contributed by atoms with van der Waals surface area (Å²) in [6, 6.07) is 3.50. The number of nitrogen functional groups attached to an aromatic ring is 1. The lowest BCUT2D eigenvalue weighted by atomic mass is 9.77. The van der Waals surface area contributed by atoms with Gasteiger partial charge in [-0.3, -0.25) is 0 Å². The molecule has 2 rings (SSSR count). The molecule has 0 aliphatic carbocycles. The summed E-state index contributed by atoms with van der Waals surface area (Å²) in [5.74, 6) is 0. The Balaban J connectivity index is 2.36. The highest BCUT2D eigenvalue weighted by Gasteiger charge is 2.52. The van der Waals surface area contributed by atoms with E-state index in [2.05, 4.69) is 0 Å². The number of halogens is 2. The number of hydrogen-bond acceptors (Lipinski definition) is 4. The highest BCUT2D eigenvalue weighted by atomic mass is 35.5. The van der Waals surface area contributed by atoms with Crippen LogP contribution in [0.1, 0.15) is 33.3 Å². The third-order valence-corrected chi connectivity index (χ3v) is 5.19. The lowest BCUT2D eigenvalue weighted by molar-refractivity contribution is 0.00578. The molecule has 1 aromatic carbocycles. The van der Waals surface area contributed by atoms with Gasteiger partial charge in [0.05, 0.1) is 26.9 Å². The van der Waals surface area contributed by atoms with Gasteiger partial charge in [0.1, 0.15) is 0 Å². The quantitative estimate of drug-likeness (QED) is 0.651. The summed E-state index contributed by atoms with van der Waals surface area (Å²) in [5, 5.41) is 0.727. The van der Waals surface area contributed by atoms with Crippen LogP contribution >= 0.6 is 23.2 Å². The lowest BCUT2D eigenvalue weighted by Gasteiger charge is -2.32. The fourth-order valence-corrected chi connectivity index (χ4v) is 2.51. The Morgan fingerprint density at radius 2 is 1.68 bits per heavy atom. The zero-order valence-electron chi connectivity index (χ0n) is 13.2. The number of rotatable bonds is 3. The topological polar surface area (TPSA) is 70.5 Å². The van der Waals surface area contributed by atoms with Gasteiger partial charge in [0.2, 0.25) is 0 Å². The second-order valence-corrected chi connectivity index (χ2v) is 7.14. The minimum absolute atomic E-state index is 0.287. The molecule has 0 atom stereocenters. The van der Waals surface area contributed by atoms with Crippen molar-refractivity contribution < 1.29 is 9.31 Å². The van der Waals surface area contributed by atoms with Crippen LogP contribution in [-0.2, 0) is 9.31 Å². The van der Waals surface area contributed by atoms with E-state index in [1.165, 1.54) is 0 Å². The number of benzene rings is 1. The largest absolute Gasteiger partial charge is 0.491 e. The van der Waals surface area contributed by atoms with E-state index in [0.717, 1.165) is 11.0 Å². The monoisotopic (exact) mass is 342 g/mol. The summed E-state index contributed by atoms with van der Waals surface area (Å²) in [7, 11) is -0.512. The average Bonchev–Trinajstić information content (AvgIpc) is 2.64. The minimum Gasteiger partial charge on any atom is -0.400 e. The van der Waals surface area contributed by atoms with Gasteiger partial charge in [0, 0.05) is 6.54 Å². The van der Waals surface area contributed by atoms with Crippen molar-refractivity contribution in [1.29, 1.82) is 0 Å². The van der Waals surface area contributed by atoms with Crippen LogP contribution in [0.3, 0.4) is 0 Å². The van der Waals surface area contributed by atoms with Crippen molar-refractivity contribution in [1.82, 2.24) is 0 Å². The molecule has 0 radical (unpaired) electrons. The second kappa shape index (κ2) is 6.06. The van der Waals surface area contributed by atoms with E-state index in [1.807, 2.05) is 33.8 Å². The maximum absolute atomic E-state index is 6.24. The van der Waals surface area contributed by atoms with E-state index in [4.69, 9.17) is 44.0 Å². The highest BCUT2D eigenvalue weighted by molar-refractivity contribution is 6.56. The van der Waals surface area contributed by atoms with Crippen LogP contribution in [0, 0.1) is 0 Å². The Morgan fingerprint density at radius 1 is 1.14 bits per heavy atom. The number of nitrogens with two attached hydrogens (primary N) is 2. The molecule has 0 amide bonds. The molecule has 1 aliphatic rings. The molecule has 0 bridgehead atoms. The summed E-state index contributed by atoms with van der Waals surface area (Å²) in [6.07, 6.45) is 1.84. The smallest absolute Gasteiger partial charge is 0.400 e. The van der Waals surface area contributed by atoms with Crippen molar-refractivity contribution in [3.63, 3.8) is 0 Å². The Labute approximate surface area is 141 Å². The van der Waals surface area contributed by atoms with Crippen LogP contribution in [0.15, 0.2) is 17.6 Å². The number of hydrogen-bond donors (Lipinski definition) is 2. The predicted octanol–water partition coefficient (Wildman–Crippen LogP) is 3.55. The van der Waals surface area contributed by atoms with Crippen molar-refractivity contribution in [2.45, 2.75) is 38.9 Å². The van der Waals surface area contributed by atoms with Crippen LogP contribution in [0.25, 0.3) is 6.08 Å². The summed E-state index contributed by atoms with van der Waals surface area (Å²) in [4.78, 5) is 0. The summed E-state index contributed by atoms with van der Waals surface area (Å²) in [5.41, 5.74) is 12.7. The molecule has 4 nitrogen and oxygen atoms in total. The fraction of sp³-hybridized carbons (Fsp3) is 0.467. The maximum atomic E-state index is 6.24. The van der Waals surface area contributed by atoms with Gasteiger partial charge >= 0.3 is 7.12 Å². The van der Waals surface area contributed by atoms with Gasteiger partial charge < -0.3 is 20.8 Å². The summed E-state index contributed by atoms with van der Waals surface area (Å²) >= 11 is 12.3. The maximum Gasteiger partial charge on any atom is 0.491 e. The molecule has 0 spiro atoms. The first kappa shape index (κ1) is 17.6. The van der Waals surface area contributed by atoms with E-state index < -0.39 is 18.3 Å². The van der Waals surface area contributed by atoms with Crippen molar-refractivity contribution in [2.24, 2.45) is 5.73 Å². The Hall–Kier alpha value is -0.715. The van der Waals surface area contributed by atoms with Crippen molar-refractivity contribution in [2.75, 3.05) is 12.3 Å². The fourth-order valence-electron chi connectivity index (χ4n) is 2.11. The molecule has 0 unspecified atom stereocenters. The normalized spacial score (nSPS) is 20.5. The van der Waals surface area contributed by atoms with Crippen molar-refractivity contribution in [3.8, 4) is 0 Å². The Bertz CT molecular complexity index is 602. The summed E-state index contributed by atoms with van der Waals surface area (Å²) in [6.45, 7) is 8.26. The molecule has 1 fully saturated rings. The lowest BCUT2D eigenvalue weighted by Crippen LogP contribution is -2.41. The Kier molecular flexibility index (Phi) is 4.86. The molecule has 1 aliphatic heterocycles. The minimum atomic E-state index is -0.512. The molecule has 1 aromatic rings. The molecule has 4 N–H and O–H groups in total. The third kappa shape index (κ3) is 3.14. The van der Waals surface area contributed by atoms with E-state index in [1.54, 1.807) is 12.1 Å². The third-order valence-electron chi connectivity index (χ3n) is 4.27. The van der Waals surface area contributed by atoms with Crippen molar-refractivity contribution >= 4 is 42.1 Å². The highest BCUT2D eigenvalue weighted by Crippen LogP contribution is 2.39. The van der Waals surface area contributed by atoms with Gasteiger partial charge in [-0.2, -0.15) is 0 Å². The van der Waals surface area contributed by atoms with Crippen LogP contribution in [0.4, 0.5) is 5.69 Å². The molecule has 7 heteroatoms. The zero-order valence-corrected chi connectivity index (χ0v) is 14.8. The van der Waals surface area contributed by atoms with E-state index >= 15 is 0 Å². The molecular weight excluding hydrogens is 322 g/mol. The molecule has 1 heterocycles. The molecule has 0 aromatic heterocycles. The van der Waals surface area contributed by atoms with Gasteiger partial charge in [0.25, 0.3) is 0 Å². The van der Waals surface area contributed by atoms with Gasteiger partial charge in [-0.25, -0.2) is 0 Å². The van der Waals surface area contributed by atoms with E-state index in [0.29, 0.717) is 15.7 Å². The molecule has 0 saturated carbocycles. The van der Waals surface area contributed by atoms with E-state index in [-0.39, 0.29) is 6.54 Å². The molecule has 22 heavy (non-hydrogen) atoms. The predicted molar refractivity (Wildman–Crippen MR) is 94.0 cm³/mol. The number of anilines is 1. The molecule has 120 valence electrons. The van der Waals surface area contributed by atoms with Gasteiger partial charge in [-0.15, -0.1) is 0 Å². The first-order valence-electron chi connectivity index (χ1n) is 7.08. The van der Waals surface area contributed by atoms with Crippen LogP contribution in [0.2, 0.25) is 10.0 Å². The van der Waals surface area contributed by atoms with Crippen LogP contribution in [-0.4, -0.2) is 24.9 Å². The van der Waals surface area contributed by atoms with Gasteiger partial charge in [-0.1, -0.05) is 35.3 Å². The van der Waals surface area contributed by atoms with Crippen LogP contribution < -0.4 is 11.5 Å². The van der Waals surface area contributed by atoms with Gasteiger partial charge in [0.15, 0.2) is 0 Å². The first-order valence-corrected chi connectivity index (χ1v) is 7.84. The van der Waals surface area contributed by atoms with Crippen LogP contribution in [0.5, 0.6) is 0 Å². The molecule has 1 saturated heterocycles. The molecular formula is C15H21BCl2N2O2.